The van der Waals surface area contributed by atoms with Crippen molar-refractivity contribution < 1.29 is 8.42 Å². The van der Waals surface area contributed by atoms with Gasteiger partial charge in [0.2, 0.25) is 0 Å². The zero-order valence-electron chi connectivity index (χ0n) is 11.9. The molecule has 114 valence electrons. The Morgan fingerprint density at radius 1 is 1.04 bits per heavy atom. The third kappa shape index (κ3) is 3.07. The summed E-state index contributed by atoms with van der Waals surface area (Å²) in [5, 5.41) is 13.1. The van der Waals surface area contributed by atoms with Gasteiger partial charge in [0.1, 0.15) is 11.0 Å². The number of anilines is 1. The van der Waals surface area contributed by atoms with Gasteiger partial charge in [-0.25, -0.2) is 13.1 Å². The van der Waals surface area contributed by atoms with E-state index < -0.39 is 10.0 Å². The Bertz CT molecular complexity index is 956. The molecule has 0 saturated heterocycles. The van der Waals surface area contributed by atoms with E-state index in [2.05, 4.69) is 9.82 Å². The number of nitriles is 1. The molecule has 3 aromatic rings. The lowest BCUT2D eigenvalue weighted by atomic mass is 10.2. The molecular weight excluding hydrogens is 312 g/mol. The predicted molar refractivity (Wildman–Crippen MR) is 85.5 cm³/mol. The molecule has 2 aromatic carbocycles. The van der Waals surface area contributed by atoms with Crippen LogP contribution in [0.15, 0.2) is 71.9 Å². The Morgan fingerprint density at radius 2 is 1.78 bits per heavy atom. The van der Waals surface area contributed by atoms with E-state index in [1.165, 1.54) is 12.1 Å². The highest BCUT2D eigenvalue weighted by atomic mass is 32.2. The van der Waals surface area contributed by atoms with Crippen molar-refractivity contribution in [2.75, 3.05) is 4.72 Å². The Labute approximate surface area is 133 Å². The van der Waals surface area contributed by atoms with Crippen LogP contribution in [-0.2, 0) is 10.0 Å². The van der Waals surface area contributed by atoms with E-state index in [4.69, 9.17) is 5.26 Å². The first kappa shape index (κ1) is 14.8. The fourth-order valence-electron chi connectivity index (χ4n) is 2.11. The van der Waals surface area contributed by atoms with Gasteiger partial charge in [-0.15, -0.1) is 0 Å². The first-order valence-corrected chi connectivity index (χ1v) is 8.20. The van der Waals surface area contributed by atoms with Crippen molar-refractivity contribution in [2.24, 2.45) is 0 Å². The van der Waals surface area contributed by atoms with Crippen LogP contribution in [0.25, 0.3) is 5.69 Å². The Morgan fingerprint density at radius 3 is 2.43 bits per heavy atom. The monoisotopic (exact) mass is 324 g/mol. The van der Waals surface area contributed by atoms with E-state index in [9.17, 15) is 8.42 Å². The lowest BCUT2D eigenvalue weighted by molar-refractivity contribution is 0.601. The molecule has 0 aliphatic rings. The predicted octanol–water partition coefficient (Wildman–Crippen LogP) is 2.54. The summed E-state index contributed by atoms with van der Waals surface area (Å²) < 4.78 is 29.0. The van der Waals surface area contributed by atoms with E-state index in [0.717, 1.165) is 5.69 Å². The summed E-state index contributed by atoms with van der Waals surface area (Å²) in [6, 6.07) is 16.5. The number of nitrogens with one attached hydrogen (secondary N) is 1. The van der Waals surface area contributed by atoms with Crippen molar-refractivity contribution in [3.8, 4) is 11.8 Å². The fraction of sp³-hybridized carbons (Fsp3) is 0. The van der Waals surface area contributed by atoms with Gasteiger partial charge in [-0.3, -0.25) is 4.72 Å². The highest BCUT2D eigenvalue weighted by molar-refractivity contribution is 7.92. The lowest BCUT2D eigenvalue weighted by Gasteiger charge is -2.10. The van der Waals surface area contributed by atoms with E-state index in [0.29, 0.717) is 5.69 Å². The molecule has 0 spiro atoms. The zero-order valence-corrected chi connectivity index (χ0v) is 12.7. The minimum Gasteiger partial charge on any atom is -0.280 e. The third-order valence-electron chi connectivity index (χ3n) is 3.19. The Hall–Kier alpha value is -3.11. The van der Waals surface area contributed by atoms with Crippen LogP contribution in [0.1, 0.15) is 5.56 Å². The summed E-state index contributed by atoms with van der Waals surface area (Å²) in [7, 11) is -3.82. The second-order valence-electron chi connectivity index (χ2n) is 4.71. The second kappa shape index (κ2) is 5.94. The number of benzene rings is 2. The van der Waals surface area contributed by atoms with Gasteiger partial charge >= 0.3 is 0 Å². The molecule has 7 heteroatoms. The molecular formula is C16H12N4O2S. The first-order valence-electron chi connectivity index (χ1n) is 6.72. The summed E-state index contributed by atoms with van der Waals surface area (Å²) in [6.45, 7) is 0. The standard InChI is InChI=1S/C16H12N4O2S/c17-12-13-4-1-2-5-16(13)23(21,22)19-14-6-8-15(9-7-14)20-11-3-10-18-20/h1-11,19H. The van der Waals surface area contributed by atoms with Gasteiger partial charge in [-0.2, -0.15) is 10.4 Å². The maximum atomic E-state index is 12.4. The normalized spacial score (nSPS) is 10.9. The molecule has 1 N–H and O–H groups in total. The molecule has 6 nitrogen and oxygen atoms in total. The molecule has 0 atom stereocenters. The molecule has 23 heavy (non-hydrogen) atoms. The van der Waals surface area contributed by atoms with Crippen LogP contribution in [-0.4, -0.2) is 18.2 Å². The molecule has 0 unspecified atom stereocenters. The minimum atomic E-state index is -3.82. The largest absolute Gasteiger partial charge is 0.280 e. The second-order valence-corrected chi connectivity index (χ2v) is 6.36. The first-order chi connectivity index (χ1) is 11.1. The lowest BCUT2D eigenvalue weighted by Crippen LogP contribution is -2.14. The van der Waals surface area contributed by atoms with Crippen molar-refractivity contribution in [3.05, 3.63) is 72.6 Å². The summed E-state index contributed by atoms with van der Waals surface area (Å²) in [5.74, 6) is 0. The molecule has 3 rings (SSSR count). The van der Waals surface area contributed by atoms with Crippen molar-refractivity contribution in [2.45, 2.75) is 4.90 Å². The molecule has 0 aliphatic heterocycles. The van der Waals surface area contributed by atoms with Gasteiger partial charge in [-0.1, -0.05) is 12.1 Å². The number of aromatic nitrogens is 2. The van der Waals surface area contributed by atoms with Gasteiger partial charge in [0.05, 0.1) is 11.3 Å². The molecule has 0 saturated carbocycles. The fourth-order valence-corrected chi connectivity index (χ4v) is 3.32. The molecule has 1 heterocycles. The highest BCUT2D eigenvalue weighted by Crippen LogP contribution is 2.20. The van der Waals surface area contributed by atoms with Gasteiger partial charge in [0.25, 0.3) is 10.0 Å². The number of hydrogen-bond donors (Lipinski definition) is 1. The minimum absolute atomic E-state index is 0.0429. The number of nitrogens with zero attached hydrogens (tertiary/aromatic N) is 3. The van der Waals surface area contributed by atoms with E-state index in [1.807, 2.05) is 6.07 Å². The van der Waals surface area contributed by atoms with Crippen molar-refractivity contribution in [1.82, 2.24) is 9.78 Å². The number of rotatable bonds is 4. The summed E-state index contributed by atoms with van der Waals surface area (Å²) in [5.41, 5.74) is 1.33. The van der Waals surface area contributed by atoms with E-state index >= 15 is 0 Å². The Balaban J connectivity index is 1.88. The van der Waals surface area contributed by atoms with Crippen LogP contribution < -0.4 is 4.72 Å². The molecule has 1 aromatic heterocycles. The van der Waals surface area contributed by atoms with E-state index in [1.54, 1.807) is 59.5 Å². The smallest absolute Gasteiger partial charge is 0.263 e. The quantitative estimate of drug-likeness (QED) is 0.799. The van der Waals surface area contributed by atoms with Gasteiger partial charge in [-0.05, 0) is 42.5 Å². The number of sulfonamides is 1. The van der Waals surface area contributed by atoms with Crippen LogP contribution in [0.4, 0.5) is 5.69 Å². The van der Waals surface area contributed by atoms with Crippen LogP contribution in [0.2, 0.25) is 0 Å². The van der Waals surface area contributed by atoms with Gasteiger partial charge < -0.3 is 0 Å². The van der Waals surface area contributed by atoms with Crippen molar-refractivity contribution in [3.63, 3.8) is 0 Å². The average molecular weight is 324 g/mol. The van der Waals surface area contributed by atoms with Crippen LogP contribution >= 0.6 is 0 Å². The molecule has 0 radical (unpaired) electrons. The maximum Gasteiger partial charge on any atom is 0.263 e. The SMILES string of the molecule is N#Cc1ccccc1S(=O)(=O)Nc1ccc(-n2cccn2)cc1. The third-order valence-corrected chi connectivity index (χ3v) is 4.62. The summed E-state index contributed by atoms with van der Waals surface area (Å²) >= 11 is 0. The summed E-state index contributed by atoms with van der Waals surface area (Å²) in [6.07, 6.45) is 3.46. The molecule has 0 fully saturated rings. The van der Waals surface area contributed by atoms with Crippen LogP contribution in [0, 0.1) is 11.3 Å². The van der Waals surface area contributed by atoms with Gasteiger partial charge in [0, 0.05) is 18.1 Å². The van der Waals surface area contributed by atoms with Crippen molar-refractivity contribution in [1.29, 1.82) is 5.26 Å². The summed E-state index contributed by atoms with van der Waals surface area (Å²) in [4.78, 5) is -0.0429. The molecule has 0 amide bonds. The Kier molecular flexibility index (Phi) is 3.83. The van der Waals surface area contributed by atoms with Crippen LogP contribution in [0.5, 0.6) is 0 Å². The van der Waals surface area contributed by atoms with Crippen LogP contribution in [0.3, 0.4) is 0 Å². The molecule has 0 aliphatic carbocycles. The molecule has 0 bridgehead atoms. The maximum absolute atomic E-state index is 12.4. The number of hydrogen-bond acceptors (Lipinski definition) is 4. The highest BCUT2D eigenvalue weighted by Gasteiger charge is 2.18. The zero-order chi connectivity index (χ0) is 16.3. The van der Waals surface area contributed by atoms with Gasteiger partial charge in [0.15, 0.2) is 0 Å². The van der Waals surface area contributed by atoms with Crippen molar-refractivity contribution >= 4 is 15.7 Å². The topological polar surface area (TPSA) is 87.8 Å². The average Bonchev–Trinajstić information content (AvgIpc) is 3.09. The van der Waals surface area contributed by atoms with E-state index in [-0.39, 0.29) is 10.5 Å².